The third-order valence-electron chi connectivity index (χ3n) is 2.70. The van der Waals surface area contributed by atoms with E-state index in [2.05, 4.69) is 10.3 Å². The first kappa shape index (κ1) is 12.9. The topological polar surface area (TPSA) is 68.0 Å². The summed E-state index contributed by atoms with van der Waals surface area (Å²) >= 11 is 5.89. The van der Waals surface area contributed by atoms with Crippen molar-refractivity contribution in [3.8, 4) is 0 Å². The summed E-state index contributed by atoms with van der Waals surface area (Å²) in [5.41, 5.74) is 5.09. The van der Waals surface area contributed by atoms with Gasteiger partial charge in [0.25, 0.3) is 0 Å². The number of amides is 1. The van der Waals surface area contributed by atoms with Gasteiger partial charge in [0.2, 0.25) is 5.91 Å². The Balaban J connectivity index is 2.83. The Morgan fingerprint density at radius 1 is 1.56 bits per heavy atom. The van der Waals surface area contributed by atoms with E-state index in [9.17, 15) is 4.79 Å². The maximum atomic E-state index is 11.9. The lowest BCUT2D eigenvalue weighted by Crippen LogP contribution is -2.50. The van der Waals surface area contributed by atoms with Crippen molar-refractivity contribution in [3.63, 3.8) is 0 Å². The van der Waals surface area contributed by atoms with Crippen LogP contribution in [0, 0.1) is 0 Å². The Kier molecular flexibility index (Phi) is 4.26. The van der Waals surface area contributed by atoms with Crippen LogP contribution in [0.2, 0.25) is 5.02 Å². The highest BCUT2D eigenvalue weighted by Crippen LogP contribution is 2.20. The van der Waals surface area contributed by atoms with Gasteiger partial charge >= 0.3 is 0 Å². The van der Waals surface area contributed by atoms with Gasteiger partial charge < -0.3 is 11.1 Å². The molecular weight excluding hydrogens is 226 g/mol. The lowest BCUT2D eigenvalue weighted by atomic mass is 9.93. The van der Waals surface area contributed by atoms with Crippen molar-refractivity contribution in [1.29, 1.82) is 0 Å². The van der Waals surface area contributed by atoms with Crippen molar-refractivity contribution in [2.45, 2.75) is 32.2 Å². The molecule has 0 aliphatic heterocycles. The standard InChI is InChI=1S/C11H16ClN3O/c1-3-11(13,4-2)10(16)15-9-8(12)6-5-7-14-9/h5-7H,3-4,13H2,1-2H3,(H,14,15,16). The second-order valence-corrected chi connectivity index (χ2v) is 4.06. The van der Waals surface area contributed by atoms with Crippen LogP contribution in [0.15, 0.2) is 18.3 Å². The van der Waals surface area contributed by atoms with Crippen LogP contribution in [-0.2, 0) is 4.79 Å². The average molecular weight is 242 g/mol. The van der Waals surface area contributed by atoms with E-state index in [1.54, 1.807) is 18.3 Å². The van der Waals surface area contributed by atoms with E-state index in [0.29, 0.717) is 23.7 Å². The van der Waals surface area contributed by atoms with Crippen LogP contribution >= 0.6 is 11.6 Å². The predicted octanol–water partition coefficient (Wildman–Crippen LogP) is 2.19. The van der Waals surface area contributed by atoms with Gasteiger partial charge in [-0.05, 0) is 25.0 Å². The summed E-state index contributed by atoms with van der Waals surface area (Å²) < 4.78 is 0. The van der Waals surface area contributed by atoms with Gasteiger partial charge in [-0.1, -0.05) is 25.4 Å². The zero-order chi connectivity index (χ0) is 12.2. The summed E-state index contributed by atoms with van der Waals surface area (Å²) in [5.74, 6) is 0.101. The molecule has 1 heterocycles. The van der Waals surface area contributed by atoms with Gasteiger partial charge in [0.15, 0.2) is 5.82 Å². The highest BCUT2D eigenvalue weighted by Gasteiger charge is 2.30. The Morgan fingerprint density at radius 2 is 2.19 bits per heavy atom. The monoisotopic (exact) mass is 241 g/mol. The highest BCUT2D eigenvalue weighted by molar-refractivity contribution is 6.33. The van der Waals surface area contributed by atoms with E-state index in [4.69, 9.17) is 17.3 Å². The van der Waals surface area contributed by atoms with Crippen molar-refractivity contribution in [2.75, 3.05) is 5.32 Å². The Bertz CT molecular complexity index is 377. The molecule has 0 saturated carbocycles. The molecule has 0 aromatic carbocycles. The van der Waals surface area contributed by atoms with Crippen molar-refractivity contribution < 1.29 is 4.79 Å². The highest BCUT2D eigenvalue weighted by atomic mass is 35.5. The molecule has 0 saturated heterocycles. The maximum absolute atomic E-state index is 11.9. The smallest absolute Gasteiger partial charge is 0.245 e. The Morgan fingerprint density at radius 3 is 2.69 bits per heavy atom. The first-order valence-electron chi connectivity index (χ1n) is 5.24. The number of nitrogens with two attached hydrogens (primary N) is 1. The number of anilines is 1. The minimum atomic E-state index is -0.860. The molecule has 1 aromatic rings. The lowest BCUT2D eigenvalue weighted by molar-refractivity contribution is -0.121. The summed E-state index contributed by atoms with van der Waals surface area (Å²) in [6.07, 6.45) is 2.71. The molecule has 3 N–H and O–H groups in total. The van der Waals surface area contributed by atoms with E-state index in [0.717, 1.165) is 0 Å². The summed E-state index contributed by atoms with van der Waals surface area (Å²) in [5, 5.41) is 3.05. The summed E-state index contributed by atoms with van der Waals surface area (Å²) in [6.45, 7) is 3.76. The van der Waals surface area contributed by atoms with Gasteiger partial charge in [-0.25, -0.2) is 4.98 Å². The normalized spacial score (nSPS) is 11.2. The molecule has 0 aliphatic carbocycles. The maximum Gasteiger partial charge on any atom is 0.245 e. The molecular formula is C11H16ClN3O. The van der Waals surface area contributed by atoms with Crippen LogP contribution in [0.25, 0.3) is 0 Å². The number of nitrogens with zero attached hydrogens (tertiary/aromatic N) is 1. The van der Waals surface area contributed by atoms with E-state index < -0.39 is 5.54 Å². The van der Waals surface area contributed by atoms with Crippen molar-refractivity contribution in [3.05, 3.63) is 23.4 Å². The lowest BCUT2D eigenvalue weighted by Gasteiger charge is -2.24. The number of carbonyl (C=O) groups excluding carboxylic acids is 1. The van der Waals surface area contributed by atoms with Gasteiger partial charge in [0, 0.05) is 6.20 Å². The minimum Gasteiger partial charge on any atom is -0.317 e. The number of pyridine rings is 1. The second kappa shape index (κ2) is 5.27. The molecule has 0 fully saturated rings. The first-order chi connectivity index (χ1) is 7.53. The SMILES string of the molecule is CCC(N)(CC)C(=O)Nc1ncccc1Cl. The fourth-order valence-corrected chi connectivity index (χ4v) is 1.45. The zero-order valence-electron chi connectivity index (χ0n) is 9.46. The molecule has 0 atom stereocenters. The third-order valence-corrected chi connectivity index (χ3v) is 3.01. The largest absolute Gasteiger partial charge is 0.317 e. The van der Waals surface area contributed by atoms with E-state index in [1.807, 2.05) is 13.8 Å². The van der Waals surface area contributed by atoms with Gasteiger partial charge in [-0.3, -0.25) is 4.79 Å². The Labute approximate surface area is 100 Å². The Hall–Kier alpha value is -1.13. The molecule has 16 heavy (non-hydrogen) atoms. The van der Waals surface area contributed by atoms with Crippen molar-refractivity contribution >= 4 is 23.3 Å². The first-order valence-corrected chi connectivity index (χ1v) is 5.62. The van der Waals surface area contributed by atoms with Gasteiger partial charge in [0.05, 0.1) is 10.6 Å². The van der Waals surface area contributed by atoms with E-state index >= 15 is 0 Å². The zero-order valence-corrected chi connectivity index (χ0v) is 10.2. The predicted molar refractivity (Wildman–Crippen MR) is 65.4 cm³/mol. The van der Waals surface area contributed by atoms with Crippen LogP contribution in [0.3, 0.4) is 0 Å². The van der Waals surface area contributed by atoms with Crippen LogP contribution in [0.1, 0.15) is 26.7 Å². The van der Waals surface area contributed by atoms with Crippen LogP contribution in [-0.4, -0.2) is 16.4 Å². The van der Waals surface area contributed by atoms with Crippen LogP contribution in [0.4, 0.5) is 5.82 Å². The number of halogens is 1. The number of rotatable bonds is 4. The van der Waals surface area contributed by atoms with Crippen LogP contribution < -0.4 is 11.1 Å². The minimum absolute atomic E-state index is 0.252. The molecule has 1 aromatic heterocycles. The molecule has 5 heteroatoms. The second-order valence-electron chi connectivity index (χ2n) is 3.65. The molecule has 0 radical (unpaired) electrons. The van der Waals surface area contributed by atoms with E-state index in [-0.39, 0.29) is 5.91 Å². The molecule has 0 spiro atoms. The quantitative estimate of drug-likeness (QED) is 0.849. The average Bonchev–Trinajstić information content (AvgIpc) is 2.31. The van der Waals surface area contributed by atoms with Crippen molar-refractivity contribution in [1.82, 2.24) is 4.98 Å². The number of carbonyl (C=O) groups is 1. The van der Waals surface area contributed by atoms with Gasteiger partial charge in [0.1, 0.15) is 0 Å². The van der Waals surface area contributed by atoms with Gasteiger partial charge in [-0.15, -0.1) is 0 Å². The van der Waals surface area contributed by atoms with E-state index in [1.165, 1.54) is 0 Å². The molecule has 0 unspecified atom stereocenters. The molecule has 88 valence electrons. The molecule has 1 rings (SSSR count). The molecule has 0 aliphatic rings. The summed E-state index contributed by atoms with van der Waals surface area (Å²) in [4.78, 5) is 15.9. The molecule has 1 amide bonds. The summed E-state index contributed by atoms with van der Waals surface area (Å²) in [6, 6.07) is 3.37. The fraction of sp³-hybridized carbons (Fsp3) is 0.455. The number of aromatic nitrogens is 1. The summed E-state index contributed by atoms with van der Waals surface area (Å²) in [7, 11) is 0. The molecule has 0 bridgehead atoms. The fourth-order valence-electron chi connectivity index (χ4n) is 1.28. The third kappa shape index (κ3) is 2.71. The number of nitrogens with one attached hydrogen (secondary N) is 1. The number of hydrogen-bond acceptors (Lipinski definition) is 3. The molecule has 4 nitrogen and oxygen atoms in total. The van der Waals surface area contributed by atoms with Gasteiger partial charge in [-0.2, -0.15) is 0 Å². The number of hydrogen-bond donors (Lipinski definition) is 2. The van der Waals surface area contributed by atoms with Crippen LogP contribution in [0.5, 0.6) is 0 Å². The van der Waals surface area contributed by atoms with Crippen molar-refractivity contribution in [2.24, 2.45) is 5.73 Å².